The van der Waals surface area contributed by atoms with Crippen molar-refractivity contribution in [1.82, 2.24) is 0 Å². The molecule has 0 unspecified atom stereocenters. The highest BCUT2D eigenvalue weighted by Crippen LogP contribution is 2.32. The van der Waals surface area contributed by atoms with Crippen molar-refractivity contribution in [3.05, 3.63) is 11.6 Å². The molecule has 1 fully saturated rings. The van der Waals surface area contributed by atoms with Crippen molar-refractivity contribution in [3.8, 4) is 0 Å². The Bertz CT molecular complexity index is 415. The molecular weight excluding hydrogens is 304 g/mol. The second-order valence-corrected chi connectivity index (χ2v) is 7.00. The van der Waals surface area contributed by atoms with Crippen LogP contribution in [0, 0.1) is 5.92 Å². The van der Waals surface area contributed by atoms with E-state index in [2.05, 4.69) is 0 Å². The van der Waals surface area contributed by atoms with E-state index in [1.165, 1.54) is 0 Å². The molecule has 1 aliphatic heterocycles. The number of hydrogen-bond donors (Lipinski definition) is 5. The van der Waals surface area contributed by atoms with E-state index in [9.17, 15) is 20.4 Å². The van der Waals surface area contributed by atoms with E-state index < -0.39 is 42.9 Å². The number of aliphatic hydroxyl groups excluding tert-OH is 4. The Morgan fingerprint density at radius 2 is 1.91 bits per heavy atom. The minimum Gasteiger partial charge on any atom is -0.394 e. The molecule has 2 aliphatic rings. The summed E-state index contributed by atoms with van der Waals surface area (Å²) in [4.78, 5) is 0. The maximum absolute atomic E-state index is 10.0. The van der Waals surface area contributed by atoms with E-state index in [1.807, 2.05) is 6.08 Å². The Morgan fingerprint density at radius 3 is 2.43 bits per heavy atom. The zero-order valence-corrected chi connectivity index (χ0v) is 13.6. The molecule has 0 spiro atoms. The van der Waals surface area contributed by atoms with E-state index in [0.29, 0.717) is 0 Å². The average Bonchev–Trinajstić information content (AvgIpc) is 2.51. The van der Waals surface area contributed by atoms with Crippen LogP contribution in [0.5, 0.6) is 0 Å². The molecule has 1 aliphatic carbocycles. The molecule has 23 heavy (non-hydrogen) atoms. The van der Waals surface area contributed by atoms with Crippen molar-refractivity contribution in [3.63, 3.8) is 0 Å². The zero-order chi connectivity index (χ0) is 17.2. The Morgan fingerprint density at radius 1 is 1.22 bits per heavy atom. The molecule has 7 nitrogen and oxygen atoms in total. The quantitative estimate of drug-likeness (QED) is 0.422. The van der Waals surface area contributed by atoms with Gasteiger partial charge in [-0.15, -0.1) is 0 Å². The van der Waals surface area contributed by atoms with E-state index in [4.69, 9.17) is 14.6 Å². The summed E-state index contributed by atoms with van der Waals surface area (Å²) in [6, 6.07) is 0. The van der Waals surface area contributed by atoms with Crippen LogP contribution >= 0.6 is 0 Å². The summed E-state index contributed by atoms with van der Waals surface area (Å²) in [5.74, 6) is 0.207. The summed E-state index contributed by atoms with van der Waals surface area (Å²) < 4.78 is 10.8. The maximum Gasteiger partial charge on any atom is 0.187 e. The Labute approximate surface area is 136 Å². The fourth-order valence-electron chi connectivity index (χ4n) is 3.06. The number of aliphatic hydroxyl groups is 5. The van der Waals surface area contributed by atoms with Gasteiger partial charge >= 0.3 is 0 Å². The summed E-state index contributed by atoms with van der Waals surface area (Å²) in [5, 5.41) is 48.5. The lowest BCUT2D eigenvalue weighted by molar-refractivity contribution is -0.299. The summed E-state index contributed by atoms with van der Waals surface area (Å²) in [7, 11) is 0. The van der Waals surface area contributed by atoms with Crippen LogP contribution in [0.1, 0.15) is 33.1 Å². The molecular formula is C16H28O7. The first-order valence-electron chi connectivity index (χ1n) is 8.06. The fraction of sp³-hybridized carbons (Fsp3) is 0.875. The van der Waals surface area contributed by atoms with Gasteiger partial charge < -0.3 is 35.0 Å². The zero-order valence-electron chi connectivity index (χ0n) is 13.6. The highest BCUT2D eigenvalue weighted by molar-refractivity contribution is 5.08. The van der Waals surface area contributed by atoms with Crippen molar-refractivity contribution >= 4 is 0 Å². The van der Waals surface area contributed by atoms with Crippen LogP contribution in [0.4, 0.5) is 0 Å². The van der Waals surface area contributed by atoms with Gasteiger partial charge in [0.05, 0.1) is 18.8 Å². The van der Waals surface area contributed by atoms with E-state index in [1.54, 1.807) is 13.8 Å². The summed E-state index contributed by atoms with van der Waals surface area (Å²) in [6.45, 7) is 3.38. The largest absolute Gasteiger partial charge is 0.394 e. The SMILES string of the molecule is CC(C)(O)[C@@H]1CC=C(CO[C@@H]2O[C@H](CO)[C@@H](O)[C@H](O)[C@H]2O)CC1. The lowest BCUT2D eigenvalue weighted by atomic mass is 9.80. The molecule has 6 atom stereocenters. The molecule has 134 valence electrons. The number of hydrogen-bond acceptors (Lipinski definition) is 7. The molecule has 0 aromatic carbocycles. The second-order valence-electron chi connectivity index (χ2n) is 7.00. The Balaban J connectivity index is 1.87. The van der Waals surface area contributed by atoms with Crippen molar-refractivity contribution in [2.24, 2.45) is 5.92 Å². The van der Waals surface area contributed by atoms with Crippen LogP contribution in [0.15, 0.2) is 11.6 Å². The molecule has 0 saturated carbocycles. The van der Waals surface area contributed by atoms with Crippen molar-refractivity contribution in [2.45, 2.75) is 69.4 Å². The van der Waals surface area contributed by atoms with Crippen LogP contribution < -0.4 is 0 Å². The first-order chi connectivity index (χ1) is 10.7. The van der Waals surface area contributed by atoms with Gasteiger partial charge in [-0.3, -0.25) is 0 Å². The Hall–Kier alpha value is -0.540. The van der Waals surface area contributed by atoms with E-state index >= 15 is 0 Å². The molecule has 0 radical (unpaired) electrons. The lowest BCUT2D eigenvalue weighted by Crippen LogP contribution is -2.59. The van der Waals surface area contributed by atoms with Gasteiger partial charge in [0, 0.05) is 0 Å². The van der Waals surface area contributed by atoms with Gasteiger partial charge in [-0.25, -0.2) is 0 Å². The Kier molecular flexibility index (Phi) is 6.18. The van der Waals surface area contributed by atoms with Crippen LogP contribution in [-0.4, -0.2) is 75.1 Å². The minimum atomic E-state index is -1.43. The molecule has 1 heterocycles. The van der Waals surface area contributed by atoms with Gasteiger partial charge in [0.2, 0.25) is 0 Å². The van der Waals surface area contributed by atoms with Gasteiger partial charge in [-0.05, 0) is 44.6 Å². The summed E-state index contributed by atoms with van der Waals surface area (Å²) in [6.07, 6.45) is -1.81. The topological polar surface area (TPSA) is 120 Å². The van der Waals surface area contributed by atoms with E-state index in [0.717, 1.165) is 24.8 Å². The normalized spacial score (nSPS) is 39.2. The molecule has 0 amide bonds. The van der Waals surface area contributed by atoms with Gasteiger partial charge in [0.15, 0.2) is 6.29 Å². The average molecular weight is 332 g/mol. The number of rotatable bonds is 5. The maximum atomic E-state index is 10.0. The minimum absolute atomic E-state index is 0.207. The number of ether oxygens (including phenoxy) is 2. The van der Waals surface area contributed by atoms with Crippen molar-refractivity contribution in [1.29, 1.82) is 0 Å². The van der Waals surface area contributed by atoms with Gasteiger partial charge in [0.1, 0.15) is 24.4 Å². The third-order valence-corrected chi connectivity index (χ3v) is 4.79. The third-order valence-electron chi connectivity index (χ3n) is 4.79. The van der Waals surface area contributed by atoms with Gasteiger partial charge in [0.25, 0.3) is 0 Å². The molecule has 7 heteroatoms. The molecule has 0 aromatic heterocycles. The predicted octanol–water partition coefficient (Wildman–Crippen LogP) is -0.700. The highest BCUT2D eigenvalue weighted by atomic mass is 16.7. The smallest absolute Gasteiger partial charge is 0.187 e. The van der Waals surface area contributed by atoms with Crippen LogP contribution in [0.25, 0.3) is 0 Å². The standard InChI is InChI=1S/C16H28O7/c1-16(2,21)10-5-3-9(4-6-10)8-22-15-14(20)13(19)12(18)11(7-17)23-15/h3,10-15,17-21H,4-8H2,1-2H3/t10-,11-,12-,13+,14-,15-/m1/s1. The predicted molar refractivity (Wildman–Crippen MR) is 81.4 cm³/mol. The van der Waals surface area contributed by atoms with Gasteiger partial charge in [-0.1, -0.05) is 6.08 Å². The third kappa shape index (κ3) is 4.51. The van der Waals surface area contributed by atoms with Crippen LogP contribution in [0.3, 0.4) is 0 Å². The van der Waals surface area contributed by atoms with Crippen LogP contribution in [-0.2, 0) is 9.47 Å². The highest BCUT2D eigenvalue weighted by Gasteiger charge is 2.44. The first-order valence-corrected chi connectivity index (χ1v) is 8.06. The van der Waals surface area contributed by atoms with Gasteiger partial charge in [-0.2, -0.15) is 0 Å². The molecule has 0 aromatic rings. The molecule has 5 N–H and O–H groups in total. The summed E-state index contributed by atoms with van der Waals surface area (Å²) in [5.41, 5.74) is 0.336. The monoisotopic (exact) mass is 332 g/mol. The molecule has 0 bridgehead atoms. The number of allylic oxidation sites excluding steroid dienone is 1. The second kappa shape index (κ2) is 7.57. The van der Waals surface area contributed by atoms with Crippen LogP contribution in [0.2, 0.25) is 0 Å². The molecule has 2 rings (SSSR count). The lowest BCUT2D eigenvalue weighted by Gasteiger charge is -2.40. The fourth-order valence-corrected chi connectivity index (χ4v) is 3.06. The summed E-state index contributed by atoms with van der Waals surface area (Å²) >= 11 is 0. The van der Waals surface area contributed by atoms with Crippen molar-refractivity contribution < 1.29 is 35.0 Å². The molecule has 1 saturated heterocycles. The van der Waals surface area contributed by atoms with E-state index in [-0.39, 0.29) is 12.5 Å². The first kappa shape index (κ1) is 18.8. The van der Waals surface area contributed by atoms with Crippen molar-refractivity contribution in [2.75, 3.05) is 13.2 Å².